The van der Waals surface area contributed by atoms with E-state index in [0.717, 1.165) is 11.1 Å². The van der Waals surface area contributed by atoms with Crippen molar-refractivity contribution >= 4 is 45.6 Å². The second-order valence-electron chi connectivity index (χ2n) is 13.0. The molecule has 2 aliphatic heterocycles. The maximum atomic E-state index is 13.3. The zero-order chi connectivity index (χ0) is 34.9. The van der Waals surface area contributed by atoms with Crippen molar-refractivity contribution in [2.45, 2.75) is 91.0 Å². The highest BCUT2D eigenvalue weighted by Crippen LogP contribution is 2.24. The summed E-state index contributed by atoms with van der Waals surface area (Å²) in [6.07, 6.45) is 1.99. The second-order valence-corrected chi connectivity index (χ2v) is 15.6. The maximum absolute atomic E-state index is 13.3. The molecule has 0 radical (unpaired) electrons. The number of hydrogen-bond acceptors (Lipinski definition) is 12. The predicted octanol–water partition coefficient (Wildman–Crippen LogP) is 2.38. The van der Waals surface area contributed by atoms with Crippen LogP contribution in [0.4, 0.5) is 9.59 Å². The van der Waals surface area contributed by atoms with Crippen LogP contribution in [-0.4, -0.2) is 88.8 Å². The van der Waals surface area contributed by atoms with Crippen LogP contribution in [0.15, 0.2) is 36.7 Å². The van der Waals surface area contributed by atoms with Crippen LogP contribution in [0.1, 0.15) is 64.1 Å². The minimum Gasteiger partial charge on any atom is -0.444 e. The van der Waals surface area contributed by atoms with Crippen LogP contribution in [0.5, 0.6) is 0 Å². The average Bonchev–Trinajstić information content (AvgIpc) is 3.63. The molecular weight excluding hydrogens is 661 g/mol. The van der Waals surface area contributed by atoms with E-state index >= 15 is 0 Å². The summed E-state index contributed by atoms with van der Waals surface area (Å²) in [6, 6.07) is 5.96. The summed E-state index contributed by atoms with van der Waals surface area (Å²) in [4.78, 5) is 51.7. The quantitative estimate of drug-likeness (QED) is 0.285. The molecule has 0 saturated heterocycles. The van der Waals surface area contributed by atoms with Gasteiger partial charge in [-0.15, -0.1) is 10.2 Å². The normalized spacial score (nSPS) is 18.5. The number of amides is 4. The minimum atomic E-state index is -0.981. The number of aromatic nitrogens is 6. The molecule has 6 bridgehead atoms. The molecule has 2 atom stereocenters. The summed E-state index contributed by atoms with van der Waals surface area (Å²) < 4.78 is 14.1. The van der Waals surface area contributed by atoms with Crippen molar-refractivity contribution in [3.8, 4) is 0 Å². The van der Waals surface area contributed by atoms with Crippen LogP contribution >= 0.6 is 21.6 Å². The molecule has 2 aromatic heterocycles. The van der Waals surface area contributed by atoms with Gasteiger partial charge in [0.1, 0.15) is 34.7 Å². The summed E-state index contributed by atoms with van der Waals surface area (Å²) >= 11 is 0. The lowest BCUT2D eigenvalue weighted by molar-refractivity contribution is -0.123. The Morgan fingerprint density at radius 1 is 0.729 bits per heavy atom. The maximum Gasteiger partial charge on any atom is 0.408 e. The zero-order valence-electron chi connectivity index (χ0n) is 27.8. The highest BCUT2D eigenvalue weighted by atomic mass is 33.1. The van der Waals surface area contributed by atoms with Crippen LogP contribution in [0.3, 0.4) is 0 Å². The molecule has 2 aliphatic rings. The first-order valence-corrected chi connectivity index (χ1v) is 17.8. The smallest absolute Gasteiger partial charge is 0.408 e. The molecule has 4 amide bonds. The Morgan fingerprint density at radius 3 is 1.46 bits per heavy atom. The van der Waals surface area contributed by atoms with E-state index in [1.54, 1.807) is 63.3 Å². The lowest BCUT2D eigenvalue weighted by Gasteiger charge is -2.24. The van der Waals surface area contributed by atoms with Crippen LogP contribution < -0.4 is 21.3 Å². The van der Waals surface area contributed by atoms with Crippen molar-refractivity contribution in [1.82, 2.24) is 51.3 Å². The van der Waals surface area contributed by atoms with Gasteiger partial charge in [-0.25, -0.2) is 19.0 Å². The number of carbonyl (C=O) groups excluding carboxylic acids is 4. The van der Waals surface area contributed by atoms with Gasteiger partial charge in [0.25, 0.3) is 0 Å². The Kier molecular flexibility index (Phi) is 12.3. The van der Waals surface area contributed by atoms with E-state index in [2.05, 4.69) is 41.9 Å². The van der Waals surface area contributed by atoms with Gasteiger partial charge in [0.2, 0.25) is 11.8 Å². The third-order valence-corrected chi connectivity index (χ3v) is 8.76. The number of fused-ring (bicyclic) bond motifs is 13. The number of benzene rings is 1. The number of nitrogens with one attached hydrogen (secondary N) is 4. The van der Waals surface area contributed by atoms with E-state index in [4.69, 9.17) is 9.47 Å². The van der Waals surface area contributed by atoms with Crippen molar-refractivity contribution in [3.05, 3.63) is 59.2 Å². The van der Waals surface area contributed by atoms with Gasteiger partial charge in [-0.1, -0.05) is 56.3 Å². The highest BCUT2D eigenvalue weighted by Gasteiger charge is 2.27. The molecule has 0 unspecified atom stereocenters. The van der Waals surface area contributed by atoms with Crippen molar-refractivity contribution in [1.29, 1.82) is 0 Å². The Morgan fingerprint density at radius 2 is 1.10 bits per heavy atom. The Balaban J connectivity index is 1.53. The molecule has 0 saturated carbocycles. The Labute approximate surface area is 286 Å². The van der Waals surface area contributed by atoms with Gasteiger partial charge in [0.05, 0.1) is 38.6 Å². The number of carbonyl (C=O) groups is 4. The summed E-state index contributed by atoms with van der Waals surface area (Å²) in [5, 5.41) is 27.6. The number of rotatable bonds is 2. The van der Waals surface area contributed by atoms with E-state index in [0.29, 0.717) is 24.5 Å². The first kappa shape index (κ1) is 36.5. The minimum absolute atomic E-state index is 0.0873. The van der Waals surface area contributed by atoms with Crippen molar-refractivity contribution in [2.75, 3.05) is 11.5 Å². The van der Waals surface area contributed by atoms with E-state index in [-0.39, 0.29) is 24.6 Å². The molecule has 4 heterocycles. The molecule has 1 aromatic carbocycles. The molecule has 0 spiro atoms. The van der Waals surface area contributed by atoms with Crippen molar-refractivity contribution in [3.63, 3.8) is 0 Å². The fourth-order valence-corrected chi connectivity index (χ4v) is 6.55. The van der Waals surface area contributed by atoms with Crippen LogP contribution in [0.25, 0.3) is 0 Å². The molecule has 16 nitrogen and oxygen atoms in total. The number of hydrogen-bond donors (Lipinski definition) is 4. The third kappa shape index (κ3) is 12.4. The summed E-state index contributed by atoms with van der Waals surface area (Å²) in [5.74, 6) is -0.657. The van der Waals surface area contributed by atoms with Crippen LogP contribution in [0, 0.1) is 0 Å². The molecule has 5 rings (SSSR count). The lowest BCUT2D eigenvalue weighted by Crippen LogP contribution is -2.50. The van der Waals surface area contributed by atoms with Gasteiger partial charge in [-0.05, 0) is 52.7 Å². The molecule has 18 heteroatoms. The lowest BCUT2D eigenvalue weighted by atomic mass is 10.1. The van der Waals surface area contributed by atoms with Gasteiger partial charge in [0, 0.05) is 11.5 Å². The zero-order valence-corrected chi connectivity index (χ0v) is 29.4. The van der Waals surface area contributed by atoms with Crippen molar-refractivity contribution < 1.29 is 28.7 Å². The number of ether oxygens (including phenoxy) is 2. The molecule has 4 N–H and O–H groups in total. The topological polar surface area (TPSA) is 196 Å². The largest absolute Gasteiger partial charge is 0.444 e. The molecule has 3 aromatic rings. The average molecular weight is 703 g/mol. The van der Waals surface area contributed by atoms with Gasteiger partial charge in [0.15, 0.2) is 0 Å². The highest BCUT2D eigenvalue weighted by molar-refractivity contribution is 8.76. The summed E-state index contributed by atoms with van der Waals surface area (Å²) in [5.41, 5.74) is 1.54. The molecule has 0 aliphatic carbocycles. The molecular formula is C30H42N10O6S2. The Bertz CT molecular complexity index is 1450. The fourth-order valence-electron chi connectivity index (χ4n) is 4.22. The molecule has 260 valence electrons. The predicted molar refractivity (Wildman–Crippen MR) is 180 cm³/mol. The van der Waals surface area contributed by atoms with E-state index in [1.807, 2.05) is 24.3 Å². The van der Waals surface area contributed by atoms with Crippen molar-refractivity contribution in [2.24, 2.45) is 0 Å². The Hall–Kier alpha value is -4.32. The molecule has 0 fully saturated rings. The van der Waals surface area contributed by atoms with Crippen LogP contribution in [0.2, 0.25) is 0 Å². The van der Waals surface area contributed by atoms with E-state index in [1.165, 1.54) is 21.6 Å². The van der Waals surface area contributed by atoms with Crippen LogP contribution in [-0.2, 0) is 45.2 Å². The standard InChI is InChI=1S/C30H42N10O6S2/c1-29(2,3)45-27(43)33-23-17-47-48-18-24(34-28(44)46-30(4,5)6)26(42)32-12-22-16-40(38-36-22)14-20-9-7-19(8-10-20)13-39-15-21(35-37-39)11-31-25(23)41/h7-10,15-16,23-24H,11-14,17-18H2,1-6H3,(H,31,41)(H,32,42)(H,33,43)(H,34,44)/t23-,24-/m0/s1. The van der Waals surface area contributed by atoms with Gasteiger partial charge in [-0.2, -0.15) is 0 Å². The van der Waals surface area contributed by atoms with Gasteiger partial charge < -0.3 is 30.7 Å². The number of nitrogens with zero attached hydrogens (tertiary/aromatic N) is 6. The first-order valence-electron chi connectivity index (χ1n) is 15.3. The monoisotopic (exact) mass is 702 g/mol. The van der Waals surface area contributed by atoms with E-state index in [9.17, 15) is 19.2 Å². The third-order valence-electron chi connectivity index (χ3n) is 6.34. The summed E-state index contributed by atoms with van der Waals surface area (Å²) in [6.45, 7) is 11.5. The molecule has 48 heavy (non-hydrogen) atoms. The van der Waals surface area contributed by atoms with E-state index < -0.39 is 47.3 Å². The van der Waals surface area contributed by atoms with Gasteiger partial charge in [-0.3, -0.25) is 9.59 Å². The second kappa shape index (κ2) is 16.2. The number of alkyl carbamates (subject to hydrolysis) is 2. The summed E-state index contributed by atoms with van der Waals surface area (Å²) in [7, 11) is 2.48. The SMILES string of the molecule is CC(C)(C)OC(=O)N[C@H]1CSSC[C@H](NC(=O)OC(C)(C)C)C(=O)NCc2cn(nn2)Cc2ccc(cc2)Cn2cc(nn2)CNC1=O. The fraction of sp³-hybridized carbons (Fsp3) is 0.533. The van der Waals surface area contributed by atoms with Gasteiger partial charge >= 0.3 is 12.2 Å². The first-order chi connectivity index (χ1) is 22.6.